The van der Waals surface area contributed by atoms with Crippen LogP contribution in [0.2, 0.25) is 0 Å². The minimum absolute atomic E-state index is 0.451. The average Bonchev–Trinajstić information content (AvgIpc) is 2.38. The topological polar surface area (TPSA) is 72.9 Å². The Hall–Kier alpha value is -2.11. The van der Waals surface area contributed by atoms with E-state index in [0.29, 0.717) is 31.1 Å². The van der Waals surface area contributed by atoms with Gasteiger partial charge in [0.1, 0.15) is 11.9 Å². The number of morpholine rings is 1. The molecule has 1 saturated heterocycles. The molecular weight excluding hydrogens is 228 g/mol. The largest absolute Gasteiger partial charge is 0.360 e. The second-order valence-electron chi connectivity index (χ2n) is 4.33. The van der Waals surface area contributed by atoms with Crippen molar-refractivity contribution in [1.82, 2.24) is 4.98 Å². The van der Waals surface area contributed by atoms with Crippen LogP contribution in [0.3, 0.4) is 0 Å². The molecule has 0 amide bonds. The summed E-state index contributed by atoms with van der Waals surface area (Å²) in [5.74, 6) is 0.665. The lowest BCUT2D eigenvalue weighted by molar-refractivity contribution is 0.0761. The van der Waals surface area contributed by atoms with E-state index in [2.05, 4.69) is 17.1 Å². The molecule has 2 heterocycles. The number of pyridine rings is 1. The predicted molar refractivity (Wildman–Crippen MR) is 66.0 cm³/mol. The van der Waals surface area contributed by atoms with Crippen molar-refractivity contribution >= 4 is 5.82 Å². The Kier molecular flexibility index (Phi) is 3.45. The van der Waals surface area contributed by atoms with E-state index in [1.807, 2.05) is 24.8 Å². The van der Waals surface area contributed by atoms with Crippen LogP contribution in [0.15, 0.2) is 6.07 Å². The predicted octanol–water partition coefficient (Wildman–Crippen LogP) is 1.30. The van der Waals surface area contributed by atoms with E-state index in [1.54, 1.807) is 0 Å². The molecule has 1 atom stereocenters. The molecule has 0 bridgehead atoms. The lowest BCUT2D eigenvalue weighted by atomic mass is 10.1. The summed E-state index contributed by atoms with van der Waals surface area (Å²) in [6, 6.07) is 6.18. The van der Waals surface area contributed by atoms with Gasteiger partial charge < -0.3 is 9.64 Å². The molecule has 18 heavy (non-hydrogen) atoms. The molecule has 1 aliphatic heterocycles. The molecule has 5 nitrogen and oxygen atoms in total. The standard InChI is InChI=1S/C13H14N4O/c1-9-5-10(2)16-13(12(9)7-15)17-3-4-18-11(6-14)8-17/h5,11H,3-4,8H2,1-2H3. The molecule has 0 saturated carbocycles. The third-order valence-electron chi connectivity index (χ3n) is 2.95. The van der Waals surface area contributed by atoms with Gasteiger partial charge in [-0.25, -0.2) is 4.98 Å². The summed E-state index contributed by atoms with van der Waals surface area (Å²) in [6.45, 7) is 5.40. The van der Waals surface area contributed by atoms with Crippen LogP contribution in [0, 0.1) is 36.5 Å². The van der Waals surface area contributed by atoms with Gasteiger partial charge in [0.05, 0.1) is 24.8 Å². The molecule has 0 N–H and O–H groups in total. The molecule has 1 aromatic heterocycles. The molecule has 0 aliphatic carbocycles. The number of hydrogen-bond acceptors (Lipinski definition) is 5. The number of rotatable bonds is 1. The van der Waals surface area contributed by atoms with E-state index >= 15 is 0 Å². The zero-order chi connectivity index (χ0) is 13.1. The van der Waals surface area contributed by atoms with Gasteiger partial charge in [-0.1, -0.05) is 0 Å². The normalized spacial score (nSPS) is 19.1. The minimum Gasteiger partial charge on any atom is -0.360 e. The summed E-state index contributed by atoms with van der Waals surface area (Å²) < 4.78 is 5.30. The maximum Gasteiger partial charge on any atom is 0.161 e. The third-order valence-corrected chi connectivity index (χ3v) is 2.95. The van der Waals surface area contributed by atoms with Crippen molar-refractivity contribution in [3.8, 4) is 12.1 Å². The van der Waals surface area contributed by atoms with Crippen LogP contribution in [0.4, 0.5) is 5.82 Å². The van der Waals surface area contributed by atoms with E-state index in [-0.39, 0.29) is 0 Å². The number of aryl methyl sites for hydroxylation is 2. The van der Waals surface area contributed by atoms with Crippen LogP contribution in [0.1, 0.15) is 16.8 Å². The lowest BCUT2D eigenvalue weighted by Crippen LogP contribution is -2.42. The van der Waals surface area contributed by atoms with Crippen molar-refractivity contribution in [1.29, 1.82) is 10.5 Å². The fourth-order valence-corrected chi connectivity index (χ4v) is 2.10. The molecule has 0 spiro atoms. The fourth-order valence-electron chi connectivity index (χ4n) is 2.10. The summed E-state index contributed by atoms with van der Waals surface area (Å²) in [7, 11) is 0. The zero-order valence-electron chi connectivity index (χ0n) is 10.5. The molecule has 5 heteroatoms. The molecule has 1 aliphatic rings. The van der Waals surface area contributed by atoms with Crippen molar-refractivity contribution in [3.05, 3.63) is 22.9 Å². The molecular formula is C13H14N4O. The summed E-state index contributed by atoms with van der Waals surface area (Å²) in [6.07, 6.45) is -0.451. The third kappa shape index (κ3) is 2.27. The van der Waals surface area contributed by atoms with Gasteiger partial charge in [-0.05, 0) is 25.5 Å². The first kappa shape index (κ1) is 12.3. The number of nitriles is 2. The van der Waals surface area contributed by atoms with Gasteiger partial charge in [0.15, 0.2) is 6.10 Å². The summed E-state index contributed by atoms with van der Waals surface area (Å²) >= 11 is 0. The molecule has 0 aromatic carbocycles. The Morgan fingerprint density at radius 2 is 2.22 bits per heavy atom. The molecule has 1 aromatic rings. The van der Waals surface area contributed by atoms with Crippen molar-refractivity contribution in [2.75, 3.05) is 24.6 Å². The first-order valence-corrected chi connectivity index (χ1v) is 5.80. The maximum atomic E-state index is 9.23. The Bertz CT molecular complexity index is 541. The Morgan fingerprint density at radius 3 is 2.89 bits per heavy atom. The van der Waals surface area contributed by atoms with E-state index < -0.39 is 6.10 Å². The van der Waals surface area contributed by atoms with E-state index in [9.17, 15) is 5.26 Å². The van der Waals surface area contributed by atoms with Crippen molar-refractivity contribution in [3.63, 3.8) is 0 Å². The second kappa shape index (κ2) is 5.03. The first-order valence-electron chi connectivity index (χ1n) is 5.80. The fraction of sp³-hybridized carbons (Fsp3) is 0.462. The van der Waals surface area contributed by atoms with Gasteiger partial charge in [0, 0.05) is 12.2 Å². The lowest BCUT2D eigenvalue weighted by Gasteiger charge is -2.31. The maximum absolute atomic E-state index is 9.23. The Labute approximate surface area is 106 Å². The number of nitrogens with zero attached hydrogens (tertiary/aromatic N) is 4. The van der Waals surface area contributed by atoms with Crippen LogP contribution in [-0.4, -0.2) is 30.8 Å². The van der Waals surface area contributed by atoms with E-state index in [4.69, 9.17) is 10.00 Å². The van der Waals surface area contributed by atoms with Gasteiger partial charge in [0.2, 0.25) is 0 Å². The van der Waals surface area contributed by atoms with Gasteiger partial charge >= 0.3 is 0 Å². The number of anilines is 1. The molecule has 1 unspecified atom stereocenters. The minimum atomic E-state index is -0.451. The second-order valence-corrected chi connectivity index (χ2v) is 4.33. The zero-order valence-corrected chi connectivity index (χ0v) is 10.5. The van der Waals surface area contributed by atoms with Crippen LogP contribution in [0.5, 0.6) is 0 Å². The average molecular weight is 242 g/mol. The highest BCUT2D eigenvalue weighted by atomic mass is 16.5. The molecule has 1 fully saturated rings. The highest BCUT2D eigenvalue weighted by Crippen LogP contribution is 2.23. The van der Waals surface area contributed by atoms with Crippen molar-refractivity contribution in [2.24, 2.45) is 0 Å². The van der Waals surface area contributed by atoms with Gasteiger partial charge in [-0.3, -0.25) is 0 Å². The summed E-state index contributed by atoms with van der Waals surface area (Å²) in [5, 5.41) is 18.1. The molecule has 0 radical (unpaired) electrons. The quantitative estimate of drug-likeness (QED) is 0.742. The highest BCUT2D eigenvalue weighted by molar-refractivity contribution is 5.58. The first-order chi connectivity index (χ1) is 8.65. The van der Waals surface area contributed by atoms with E-state index in [0.717, 1.165) is 11.3 Å². The van der Waals surface area contributed by atoms with Gasteiger partial charge in [-0.2, -0.15) is 10.5 Å². The smallest absolute Gasteiger partial charge is 0.161 e. The molecule has 92 valence electrons. The van der Waals surface area contributed by atoms with Crippen LogP contribution < -0.4 is 4.90 Å². The summed E-state index contributed by atoms with van der Waals surface area (Å²) in [4.78, 5) is 6.39. The Morgan fingerprint density at radius 1 is 1.44 bits per heavy atom. The van der Waals surface area contributed by atoms with Crippen LogP contribution >= 0.6 is 0 Å². The molecule has 2 rings (SSSR count). The van der Waals surface area contributed by atoms with Crippen molar-refractivity contribution < 1.29 is 4.74 Å². The number of aromatic nitrogens is 1. The van der Waals surface area contributed by atoms with Gasteiger partial charge in [0.25, 0.3) is 0 Å². The monoisotopic (exact) mass is 242 g/mol. The van der Waals surface area contributed by atoms with Crippen molar-refractivity contribution in [2.45, 2.75) is 20.0 Å². The van der Waals surface area contributed by atoms with Gasteiger partial charge in [-0.15, -0.1) is 0 Å². The number of ether oxygens (including phenoxy) is 1. The van der Waals surface area contributed by atoms with E-state index in [1.165, 1.54) is 0 Å². The number of hydrogen-bond donors (Lipinski definition) is 0. The van der Waals surface area contributed by atoms with Crippen LogP contribution in [-0.2, 0) is 4.74 Å². The highest BCUT2D eigenvalue weighted by Gasteiger charge is 2.23. The Balaban J connectivity index is 2.39. The SMILES string of the molecule is Cc1cc(C)c(C#N)c(N2CCOC(C#N)C2)n1. The van der Waals surface area contributed by atoms with Crippen LogP contribution in [0.25, 0.3) is 0 Å². The summed E-state index contributed by atoms with van der Waals surface area (Å²) in [5.41, 5.74) is 2.38.